The molecule has 1 aliphatic rings. The minimum absolute atomic E-state index is 0.00141. The van der Waals surface area contributed by atoms with E-state index in [1.165, 1.54) is 11.8 Å². The number of aliphatic imine (C=N–C) groups is 1. The molecule has 0 unspecified atom stereocenters. The Balaban J connectivity index is 2.33. The molecule has 5 nitrogen and oxygen atoms in total. The molecule has 0 atom stereocenters. The Hall–Kier alpha value is -1.95. The third-order valence-electron chi connectivity index (χ3n) is 3.28. The van der Waals surface area contributed by atoms with E-state index in [0.717, 1.165) is 10.7 Å². The van der Waals surface area contributed by atoms with Gasteiger partial charge >= 0.3 is 0 Å². The summed E-state index contributed by atoms with van der Waals surface area (Å²) < 4.78 is 10.9. The van der Waals surface area contributed by atoms with Crippen LogP contribution in [0.1, 0.15) is 26.3 Å². The average Bonchev–Trinajstić information content (AvgIpc) is 2.83. The van der Waals surface area contributed by atoms with Gasteiger partial charge in [0.05, 0.1) is 18.6 Å². The summed E-state index contributed by atoms with van der Waals surface area (Å²) in [4.78, 5) is 19.2. The number of amidine groups is 1. The predicted octanol–water partition coefficient (Wildman–Crippen LogP) is 3.41. The number of carbonyl (C=O) groups is 1. The first-order chi connectivity index (χ1) is 11.1. The van der Waals surface area contributed by atoms with Crippen LogP contribution in [0.25, 0.3) is 6.08 Å². The first kappa shape index (κ1) is 17.4. The van der Waals surface area contributed by atoms with Crippen molar-refractivity contribution in [2.45, 2.75) is 20.8 Å². The summed E-state index contributed by atoms with van der Waals surface area (Å²) in [7, 11) is 1.61. The zero-order valence-corrected chi connectivity index (χ0v) is 14.8. The smallest absolute Gasteiger partial charge is 0.266 e. The molecule has 1 aliphatic heterocycles. The Labute approximate surface area is 141 Å². The molecule has 0 spiro atoms. The van der Waals surface area contributed by atoms with Crippen LogP contribution in [0.5, 0.6) is 11.5 Å². The number of nitrogens with zero attached hydrogens (tertiary/aromatic N) is 2. The number of likely N-dealkylation sites (N-methyl/N-ethyl adjacent to an activating group) is 1. The van der Waals surface area contributed by atoms with Gasteiger partial charge in [-0.3, -0.25) is 14.7 Å². The number of ether oxygens (including phenoxy) is 2. The molecule has 0 saturated carbocycles. The van der Waals surface area contributed by atoms with Crippen LogP contribution in [0, 0.1) is 0 Å². The second-order valence-electron chi connectivity index (χ2n) is 4.76. The number of benzene rings is 1. The summed E-state index contributed by atoms with van der Waals surface area (Å²) >= 11 is 1.42. The van der Waals surface area contributed by atoms with Gasteiger partial charge < -0.3 is 9.47 Å². The Kier molecular flexibility index (Phi) is 6.10. The molecule has 1 saturated heterocycles. The third-order valence-corrected chi connectivity index (χ3v) is 4.33. The molecule has 1 heterocycles. The number of amides is 1. The molecule has 23 heavy (non-hydrogen) atoms. The molecule has 0 N–H and O–H groups in total. The molecular formula is C17H22N2O3S. The van der Waals surface area contributed by atoms with E-state index in [1.54, 1.807) is 12.0 Å². The van der Waals surface area contributed by atoms with Crippen molar-refractivity contribution in [1.29, 1.82) is 0 Å². The lowest BCUT2D eigenvalue weighted by Gasteiger charge is -2.11. The Bertz CT molecular complexity index is 641. The zero-order valence-electron chi connectivity index (χ0n) is 14.0. The molecule has 6 heteroatoms. The monoisotopic (exact) mass is 334 g/mol. The highest BCUT2D eigenvalue weighted by Crippen LogP contribution is 2.34. The predicted molar refractivity (Wildman–Crippen MR) is 95.1 cm³/mol. The summed E-state index contributed by atoms with van der Waals surface area (Å²) in [6.07, 6.45) is 1.87. The zero-order chi connectivity index (χ0) is 16.8. The van der Waals surface area contributed by atoms with E-state index >= 15 is 0 Å². The van der Waals surface area contributed by atoms with Crippen molar-refractivity contribution in [3.63, 3.8) is 0 Å². The minimum atomic E-state index is -0.00141. The van der Waals surface area contributed by atoms with Crippen LogP contribution >= 0.6 is 11.8 Å². The average molecular weight is 334 g/mol. The normalized spacial score (nSPS) is 18.1. The van der Waals surface area contributed by atoms with Gasteiger partial charge in [0.25, 0.3) is 5.91 Å². The van der Waals surface area contributed by atoms with Gasteiger partial charge in [0.1, 0.15) is 0 Å². The van der Waals surface area contributed by atoms with Crippen LogP contribution < -0.4 is 9.47 Å². The highest BCUT2D eigenvalue weighted by Gasteiger charge is 2.31. The molecule has 2 rings (SSSR count). The first-order valence-corrected chi connectivity index (χ1v) is 8.52. The van der Waals surface area contributed by atoms with Crippen LogP contribution in [-0.4, -0.2) is 42.8 Å². The number of thioether (sulfide) groups is 1. The fourth-order valence-electron chi connectivity index (χ4n) is 2.24. The van der Waals surface area contributed by atoms with Crippen LogP contribution in [0.3, 0.4) is 0 Å². The number of methoxy groups -OCH3 is 1. The van der Waals surface area contributed by atoms with E-state index in [-0.39, 0.29) is 5.91 Å². The maximum Gasteiger partial charge on any atom is 0.266 e. The number of hydrogen-bond acceptors (Lipinski definition) is 5. The largest absolute Gasteiger partial charge is 0.493 e. The standard InChI is InChI=1S/C17H22N2O3S/c1-5-18-17-19(6-2)16(20)15(23-17)11-12-8-9-13(21-4)14(10-12)22-7-3/h8-11H,5-7H2,1-4H3/b15-11-,18-17?. The molecule has 0 radical (unpaired) electrons. The highest BCUT2D eigenvalue weighted by molar-refractivity contribution is 8.18. The van der Waals surface area contributed by atoms with Crippen molar-refractivity contribution in [2.24, 2.45) is 4.99 Å². The third kappa shape index (κ3) is 3.88. The van der Waals surface area contributed by atoms with Gasteiger partial charge in [-0.15, -0.1) is 0 Å². The second kappa shape index (κ2) is 8.06. The highest BCUT2D eigenvalue weighted by atomic mass is 32.2. The van der Waals surface area contributed by atoms with Gasteiger partial charge in [-0.2, -0.15) is 0 Å². The van der Waals surface area contributed by atoms with Crippen molar-refractivity contribution in [3.8, 4) is 11.5 Å². The molecular weight excluding hydrogens is 312 g/mol. The summed E-state index contributed by atoms with van der Waals surface area (Å²) in [5.41, 5.74) is 0.902. The number of carbonyl (C=O) groups excluding carboxylic acids is 1. The van der Waals surface area contributed by atoms with Crippen molar-refractivity contribution in [3.05, 3.63) is 28.7 Å². The topological polar surface area (TPSA) is 51.1 Å². The van der Waals surface area contributed by atoms with E-state index in [9.17, 15) is 4.79 Å². The van der Waals surface area contributed by atoms with E-state index in [0.29, 0.717) is 36.1 Å². The summed E-state index contributed by atoms with van der Waals surface area (Å²) in [5, 5.41) is 0.768. The summed E-state index contributed by atoms with van der Waals surface area (Å²) in [6.45, 7) is 7.68. The SMILES string of the molecule is CCN=C1S/C(=C\c2ccc(OC)c(OCC)c2)C(=O)N1CC. The molecule has 1 fully saturated rings. The van der Waals surface area contributed by atoms with Crippen molar-refractivity contribution < 1.29 is 14.3 Å². The minimum Gasteiger partial charge on any atom is -0.493 e. The van der Waals surface area contributed by atoms with Gasteiger partial charge in [0, 0.05) is 13.1 Å². The van der Waals surface area contributed by atoms with Gasteiger partial charge in [-0.25, -0.2) is 0 Å². The molecule has 1 amide bonds. The van der Waals surface area contributed by atoms with Crippen molar-refractivity contribution >= 4 is 28.9 Å². The van der Waals surface area contributed by atoms with Crippen molar-refractivity contribution in [2.75, 3.05) is 26.8 Å². The fourth-order valence-corrected chi connectivity index (χ4v) is 3.35. The first-order valence-electron chi connectivity index (χ1n) is 7.71. The van der Waals surface area contributed by atoms with Crippen LogP contribution in [0.2, 0.25) is 0 Å². The summed E-state index contributed by atoms with van der Waals surface area (Å²) in [5.74, 6) is 1.36. The molecule has 1 aromatic carbocycles. The van der Waals surface area contributed by atoms with Gasteiger partial charge in [0.2, 0.25) is 0 Å². The number of hydrogen-bond donors (Lipinski definition) is 0. The molecule has 1 aromatic rings. The van der Waals surface area contributed by atoms with Crippen molar-refractivity contribution in [1.82, 2.24) is 4.90 Å². The Morgan fingerprint density at radius 3 is 2.65 bits per heavy atom. The molecule has 0 bridgehead atoms. The number of rotatable bonds is 6. The fraction of sp³-hybridized carbons (Fsp3) is 0.412. The van der Waals surface area contributed by atoms with Crippen LogP contribution in [0.15, 0.2) is 28.1 Å². The van der Waals surface area contributed by atoms with Gasteiger partial charge in [0.15, 0.2) is 16.7 Å². The lowest BCUT2D eigenvalue weighted by molar-refractivity contribution is -0.122. The van der Waals surface area contributed by atoms with Crippen LogP contribution in [-0.2, 0) is 4.79 Å². The second-order valence-corrected chi connectivity index (χ2v) is 5.77. The molecule has 124 valence electrons. The van der Waals surface area contributed by atoms with E-state index < -0.39 is 0 Å². The summed E-state index contributed by atoms with van der Waals surface area (Å²) in [6, 6.07) is 5.64. The van der Waals surface area contributed by atoms with E-state index in [1.807, 2.05) is 45.0 Å². The quantitative estimate of drug-likeness (QED) is 0.748. The Morgan fingerprint density at radius 2 is 2.04 bits per heavy atom. The van der Waals surface area contributed by atoms with E-state index in [2.05, 4.69) is 4.99 Å². The van der Waals surface area contributed by atoms with E-state index in [4.69, 9.17) is 9.47 Å². The molecule has 0 aliphatic carbocycles. The maximum absolute atomic E-state index is 12.5. The van der Waals surface area contributed by atoms with Crippen LogP contribution in [0.4, 0.5) is 0 Å². The lowest BCUT2D eigenvalue weighted by atomic mass is 10.2. The lowest BCUT2D eigenvalue weighted by Crippen LogP contribution is -2.28. The van der Waals surface area contributed by atoms with Gasteiger partial charge in [-0.05, 0) is 56.3 Å². The van der Waals surface area contributed by atoms with Gasteiger partial charge in [-0.1, -0.05) is 6.07 Å². The maximum atomic E-state index is 12.5. The Morgan fingerprint density at radius 1 is 1.26 bits per heavy atom. The molecule has 0 aromatic heterocycles.